The minimum Gasteiger partial charge on any atom is -0.355 e. The number of aromatic nitrogens is 3. The smallest absolute Gasteiger partial charge is 0.132 e. The summed E-state index contributed by atoms with van der Waals surface area (Å²) in [5.74, 6) is 2.61. The molecule has 4 heteroatoms. The molecule has 0 atom stereocenters. The number of anilines is 1. The van der Waals surface area contributed by atoms with Crippen molar-refractivity contribution in [1.29, 1.82) is 0 Å². The fourth-order valence-corrected chi connectivity index (χ4v) is 2.60. The van der Waals surface area contributed by atoms with Gasteiger partial charge >= 0.3 is 0 Å². The zero-order valence-electron chi connectivity index (χ0n) is 12.1. The second-order valence-electron chi connectivity index (χ2n) is 5.42. The molecule has 3 rings (SSSR count). The molecule has 20 heavy (non-hydrogen) atoms. The summed E-state index contributed by atoms with van der Waals surface area (Å²) in [5, 5.41) is 0. The summed E-state index contributed by atoms with van der Waals surface area (Å²) in [6.07, 6.45) is 5.83. The monoisotopic (exact) mass is 268 g/mol. The average Bonchev–Trinajstić information content (AvgIpc) is 2.38. The van der Waals surface area contributed by atoms with Crippen LogP contribution in [0.25, 0.3) is 0 Å². The highest BCUT2D eigenvalue weighted by atomic mass is 15.2. The summed E-state index contributed by atoms with van der Waals surface area (Å²) >= 11 is 0. The van der Waals surface area contributed by atoms with Crippen LogP contribution in [0.2, 0.25) is 0 Å². The molecule has 0 bridgehead atoms. The van der Waals surface area contributed by atoms with Gasteiger partial charge in [-0.15, -0.1) is 0 Å². The van der Waals surface area contributed by atoms with Gasteiger partial charge in [0.2, 0.25) is 0 Å². The highest BCUT2D eigenvalue weighted by molar-refractivity contribution is 5.45. The van der Waals surface area contributed by atoms with E-state index in [0.29, 0.717) is 5.92 Å². The standard InChI is InChI=1S/C16H20N4/c1-3-5-15-18-12(2)8-16(19-15)20-10-14(11-20)13-6-4-7-17-9-13/h4,6-9,14H,3,5,10-11H2,1-2H3. The van der Waals surface area contributed by atoms with E-state index in [0.717, 1.165) is 43.3 Å². The van der Waals surface area contributed by atoms with Crippen LogP contribution >= 0.6 is 0 Å². The van der Waals surface area contributed by atoms with Crippen molar-refractivity contribution in [3.05, 3.63) is 47.7 Å². The van der Waals surface area contributed by atoms with Crippen molar-refractivity contribution in [2.45, 2.75) is 32.6 Å². The molecule has 3 heterocycles. The summed E-state index contributed by atoms with van der Waals surface area (Å²) in [7, 11) is 0. The van der Waals surface area contributed by atoms with Crippen molar-refractivity contribution in [2.75, 3.05) is 18.0 Å². The second-order valence-corrected chi connectivity index (χ2v) is 5.42. The molecule has 1 saturated heterocycles. The topological polar surface area (TPSA) is 41.9 Å². The van der Waals surface area contributed by atoms with Crippen molar-refractivity contribution in [3.8, 4) is 0 Å². The van der Waals surface area contributed by atoms with Gasteiger partial charge in [0.05, 0.1) is 0 Å². The van der Waals surface area contributed by atoms with Gasteiger partial charge in [-0.1, -0.05) is 13.0 Å². The fourth-order valence-electron chi connectivity index (χ4n) is 2.60. The molecule has 0 aromatic carbocycles. The van der Waals surface area contributed by atoms with Gasteiger partial charge in [0.15, 0.2) is 0 Å². The Balaban J connectivity index is 1.70. The minimum atomic E-state index is 0.577. The van der Waals surface area contributed by atoms with Gasteiger partial charge in [0.25, 0.3) is 0 Å². The zero-order chi connectivity index (χ0) is 13.9. The summed E-state index contributed by atoms with van der Waals surface area (Å²) in [5.41, 5.74) is 2.38. The summed E-state index contributed by atoms with van der Waals surface area (Å²) in [4.78, 5) is 15.7. The molecule has 1 aliphatic rings. The maximum Gasteiger partial charge on any atom is 0.132 e. The number of aryl methyl sites for hydroxylation is 2. The average molecular weight is 268 g/mol. The highest BCUT2D eigenvalue weighted by Crippen LogP contribution is 2.30. The van der Waals surface area contributed by atoms with E-state index in [9.17, 15) is 0 Å². The van der Waals surface area contributed by atoms with E-state index in [1.54, 1.807) is 0 Å². The van der Waals surface area contributed by atoms with Gasteiger partial charge in [0.1, 0.15) is 11.6 Å². The molecule has 1 aliphatic heterocycles. The van der Waals surface area contributed by atoms with Crippen LogP contribution in [0, 0.1) is 6.92 Å². The van der Waals surface area contributed by atoms with Gasteiger partial charge in [-0.25, -0.2) is 9.97 Å². The number of hydrogen-bond donors (Lipinski definition) is 0. The van der Waals surface area contributed by atoms with Gasteiger partial charge in [-0.3, -0.25) is 4.98 Å². The lowest BCUT2D eigenvalue weighted by Gasteiger charge is -2.40. The molecule has 0 saturated carbocycles. The van der Waals surface area contributed by atoms with Gasteiger partial charge < -0.3 is 4.90 Å². The van der Waals surface area contributed by atoms with Crippen LogP contribution in [-0.4, -0.2) is 28.0 Å². The van der Waals surface area contributed by atoms with Crippen LogP contribution in [0.15, 0.2) is 30.6 Å². The van der Waals surface area contributed by atoms with E-state index in [1.165, 1.54) is 5.56 Å². The van der Waals surface area contributed by atoms with Crippen molar-refractivity contribution in [2.24, 2.45) is 0 Å². The van der Waals surface area contributed by atoms with E-state index < -0.39 is 0 Å². The molecule has 0 unspecified atom stereocenters. The normalized spacial score (nSPS) is 15.2. The molecule has 0 aliphatic carbocycles. The second kappa shape index (κ2) is 5.57. The molecular formula is C16H20N4. The molecule has 2 aromatic rings. The summed E-state index contributed by atoms with van der Waals surface area (Å²) in [6.45, 7) is 6.25. The Morgan fingerprint density at radius 1 is 1.30 bits per heavy atom. The Morgan fingerprint density at radius 2 is 2.15 bits per heavy atom. The molecule has 2 aromatic heterocycles. The van der Waals surface area contributed by atoms with Crippen molar-refractivity contribution < 1.29 is 0 Å². The molecule has 0 N–H and O–H groups in total. The van der Waals surface area contributed by atoms with E-state index in [1.807, 2.05) is 25.4 Å². The first-order valence-electron chi connectivity index (χ1n) is 7.25. The lowest BCUT2D eigenvalue weighted by atomic mass is 9.93. The van der Waals surface area contributed by atoms with Crippen LogP contribution in [0.4, 0.5) is 5.82 Å². The van der Waals surface area contributed by atoms with Gasteiger partial charge in [0, 0.05) is 49.6 Å². The minimum absolute atomic E-state index is 0.577. The van der Waals surface area contributed by atoms with Crippen LogP contribution in [-0.2, 0) is 6.42 Å². The van der Waals surface area contributed by atoms with Crippen LogP contribution < -0.4 is 4.90 Å². The zero-order valence-corrected chi connectivity index (χ0v) is 12.1. The number of nitrogens with zero attached hydrogens (tertiary/aromatic N) is 4. The quantitative estimate of drug-likeness (QED) is 0.855. The molecule has 104 valence electrons. The predicted octanol–water partition coefficient (Wildman–Crippen LogP) is 2.74. The number of hydrogen-bond acceptors (Lipinski definition) is 4. The van der Waals surface area contributed by atoms with Crippen molar-refractivity contribution in [3.63, 3.8) is 0 Å². The van der Waals surface area contributed by atoms with Crippen molar-refractivity contribution in [1.82, 2.24) is 15.0 Å². The molecule has 1 fully saturated rings. The van der Waals surface area contributed by atoms with E-state index >= 15 is 0 Å². The highest BCUT2D eigenvalue weighted by Gasteiger charge is 2.29. The third-order valence-corrected chi connectivity index (χ3v) is 3.72. The Bertz CT molecular complexity index is 576. The first-order chi connectivity index (χ1) is 9.76. The largest absolute Gasteiger partial charge is 0.355 e. The van der Waals surface area contributed by atoms with Crippen LogP contribution in [0.1, 0.15) is 36.3 Å². The number of pyridine rings is 1. The Kier molecular flexibility index (Phi) is 3.63. The van der Waals surface area contributed by atoms with Crippen LogP contribution in [0.3, 0.4) is 0 Å². The molecule has 4 nitrogen and oxygen atoms in total. The first-order valence-corrected chi connectivity index (χ1v) is 7.25. The predicted molar refractivity (Wildman–Crippen MR) is 80.0 cm³/mol. The maximum atomic E-state index is 4.67. The molecule has 0 radical (unpaired) electrons. The summed E-state index contributed by atoms with van der Waals surface area (Å²) < 4.78 is 0. The molecular weight excluding hydrogens is 248 g/mol. The Hall–Kier alpha value is -1.97. The third-order valence-electron chi connectivity index (χ3n) is 3.72. The fraction of sp³-hybridized carbons (Fsp3) is 0.438. The van der Waals surface area contributed by atoms with E-state index in [-0.39, 0.29) is 0 Å². The number of rotatable bonds is 4. The molecule has 0 spiro atoms. The van der Waals surface area contributed by atoms with Crippen molar-refractivity contribution >= 4 is 5.82 Å². The SMILES string of the molecule is CCCc1nc(C)cc(N2CC(c3cccnc3)C2)n1. The van der Waals surface area contributed by atoms with E-state index in [2.05, 4.69) is 38.9 Å². The third kappa shape index (κ3) is 2.64. The van der Waals surface area contributed by atoms with Crippen LogP contribution in [0.5, 0.6) is 0 Å². The lowest BCUT2D eigenvalue weighted by Crippen LogP contribution is -2.45. The Morgan fingerprint density at radius 3 is 2.85 bits per heavy atom. The molecule has 0 amide bonds. The first kappa shape index (κ1) is 13.0. The lowest BCUT2D eigenvalue weighted by molar-refractivity contribution is 0.517. The van der Waals surface area contributed by atoms with Gasteiger partial charge in [-0.05, 0) is 25.0 Å². The van der Waals surface area contributed by atoms with Gasteiger partial charge in [-0.2, -0.15) is 0 Å². The Labute approximate surface area is 119 Å². The summed E-state index contributed by atoms with van der Waals surface area (Å²) in [6, 6.07) is 6.24. The van der Waals surface area contributed by atoms with E-state index in [4.69, 9.17) is 0 Å². The maximum absolute atomic E-state index is 4.67.